The monoisotopic (exact) mass is 260 g/mol. The molecule has 4 heteroatoms. The summed E-state index contributed by atoms with van der Waals surface area (Å²) in [4.78, 5) is 13.8. The van der Waals surface area contributed by atoms with E-state index in [0.717, 1.165) is 37.4 Å². The van der Waals surface area contributed by atoms with Gasteiger partial charge in [-0.25, -0.2) is 0 Å². The van der Waals surface area contributed by atoms with Crippen LogP contribution in [0, 0.1) is 0 Å². The molecule has 1 fully saturated rings. The molecule has 0 spiro atoms. The molecule has 1 aromatic carbocycles. The lowest BCUT2D eigenvalue weighted by atomic mass is 10.1. The molecule has 0 aliphatic carbocycles. The van der Waals surface area contributed by atoms with Crippen LogP contribution in [0.1, 0.15) is 25.7 Å². The summed E-state index contributed by atoms with van der Waals surface area (Å²) in [7, 11) is 0. The summed E-state index contributed by atoms with van der Waals surface area (Å²) >= 11 is 0. The van der Waals surface area contributed by atoms with E-state index in [2.05, 4.69) is 5.32 Å². The van der Waals surface area contributed by atoms with Gasteiger partial charge in [-0.3, -0.25) is 4.79 Å². The Balaban J connectivity index is 1.61. The molecule has 1 aromatic rings. The van der Waals surface area contributed by atoms with Crippen LogP contribution < -0.4 is 15.0 Å². The highest BCUT2D eigenvalue weighted by Crippen LogP contribution is 2.31. The number of nitrogens with zero attached hydrogens (tertiary/aromatic N) is 1. The highest BCUT2D eigenvalue weighted by Gasteiger charge is 2.25. The predicted octanol–water partition coefficient (Wildman–Crippen LogP) is 1.94. The quantitative estimate of drug-likeness (QED) is 0.899. The van der Waals surface area contributed by atoms with Crippen LogP contribution in [-0.2, 0) is 4.79 Å². The van der Waals surface area contributed by atoms with Gasteiger partial charge in [-0.05, 0) is 44.4 Å². The smallest absolute Gasteiger partial charge is 0.265 e. The Kier molecular flexibility index (Phi) is 3.69. The van der Waals surface area contributed by atoms with Crippen molar-refractivity contribution in [3.05, 3.63) is 24.3 Å². The number of ether oxygens (including phenoxy) is 1. The van der Waals surface area contributed by atoms with Crippen LogP contribution in [0.3, 0.4) is 0 Å². The van der Waals surface area contributed by atoms with Crippen molar-refractivity contribution in [3.8, 4) is 5.75 Å². The van der Waals surface area contributed by atoms with E-state index in [1.807, 2.05) is 29.2 Å². The number of amides is 1. The number of benzene rings is 1. The molecular formula is C15H20N2O2. The number of hydrogen-bond acceptors (Lipinski definition) is 3. The zero-order chi connectivity index (χ0) is 13.1. The van der Waals surface area contributed by atoms with Crippen LogP contribution in [0.15, 0.2) is 24.3 Å². The van der Waals surface area contributed by atoms with Crippen molar-refractivity contribution < 1.29 is 9.53 Å². The number of carbonyl (C=O) groups is 1. The van der Waals surface area contributed by atoms with Crippen molar-refractivity contribution in [2.75, 3.05) is 24.6 Å². The van der Waals surface area contributed by atoms with Gasteiger partial charge in [-0.1, -0.05) is 12.1 Å². The Hall–Kier alpha value is -1.55. The maximum Gasteiger partial charge on any atom is 0.265 e. The highest BCUT2D eigenvalue weighted by molar-refractivity contribution is 5.97. The van der Waals surface area contributed by atoms with Crippen molar-refractivity contribution in [2.24, 2.45) is 0 Å². The molecule has 1 atom stereocenters. The molecule has 0 radical (unpaired) electrons. The number of para-hydroxylation sites is 2. The van der Waals surface area contributed by atoms with Crippen molar-refractivity contribution >= 4 is 11.6 Å². The van der Waals surface area contributed by atoms with Gasteiger partial charge in [0.2, 0.25) is 0 Å². The molecule has 102 valence electrons. The van der Waals surface area contributed by atoms with Gasteiger partial charge in [0, 0.05) is 12.6 Å². The minimum atomic E-state index is 0.0677. The summed E-state index contributed by atoms with van der Waals surface area (Å²) < 4.78 is 5.44. The van der Waals surface area contributed by atoms with Crippen molar-refractivity contribution in [1.82, 2.24) is 5.32 Å². The lowest BCUT2D eigenvalue weighted by Gasteiger charge is -2.29. The second-order valence-corrected chi connectivity index (χ2v) is 5.24. The minimum Gasteiger partial charge on any atom is -0.482 e. The van der Waals surface area contributed by atoms with Crippen molar-refractivity contribution in [3.63, 3.8) is 0 Å². The number of hydrogen-bond donors (Lipinski definition) is 1. The molecule has 0 saturated carbocycles. The van der Waals surface area contributed by atoms with Gasteiger partial charge >= 0.3 is 0 Å². The van der Waals surface area contributed by atoms with Crippen LogP contribution >= 0.6 is 0 Å². The Morgan fingerprint density at radius 2 is 2.26 bits per heavy atom. The van der Waals surface area contributed by atoms with E-state index in [4.69, 9.17) is 4.74 Å². The lowest BCUT2D eigenvalue weighted by Crippen LogP contribution is -2.39. The van der Waals surface area contributed by atoms with E-state index in [9.17, 15) is 4.79 Å². The van der Waals surface area contributed by atoms with Gasteiger partial charge in [-0.2, -0.15) is 0 Å². The molecule has 0 aromatic heterocycles. The fourth-order valence-electron chi connectivity index (χ4n) is 2.90. The van der Waals surface area contributed by atoms with E-state index in [0.29, 0.717) is 6.04 Å². The van der Waals surface area contributed by atoms with Gasteiger partial charge in [0.05, 0.1) is 5.69 Å². The molecule has 4 nitrogen and oxygen atoms in total. The fraction of sp³-hybridized carbons (Fsp3) is 0.533. The highest BCUT2D eigenvalue weighted by atomic mass is 16.5. The largest absolute Gasteiger partial charge is 0.482 e. The predicted molar refractivity (Wildman–Crippen MR) is 74.5 cm³/mol. The molecule has 3 rings (SSSR count). The van der Waals surface area contributed by atoms with Gasteiger partial charge in [0.25, 0.3) is 5.91 Å². The summed E-state index contributed by atoms with van der Waals surface area (Å²) in [5.74, 6) is 0.888. The van der Waals surface area contributed by atoms with E-state index in [1.165, 1.54) is 12.8 Å². The Labute approximate surface area is 113 Å². The third-order valence-electron chi connectivity index (χ3n) is 3.90. The van der Waals surface area contributed by atoms with E-state index >= 15 is 0 Å². The first-order valence-corrected chi connectivity index (χ1v) is 7.10. The van der Waals surface area contributed by atoms with Gasteiger partial charge in [-0.15, -0.1) is 0 Å². The number of anilines is 1. The summed E-state index contributed by atoms with van der Waals surface area (Å²) in [6, 6.07) is 8.42. The molecule has 2 heterocycles. The maximum atomic E-state index is 12.0. The normalized spacial score (nSPS) is 22.2. The molecule has 1 amide bonds. The Morgan fingerprint density at radius 3 is 3.11 bits per heavy atom. The van der Waals surface area contributed by atoms with Crippen LogP contribution in [0.5, 0.6) is 5.75 Å². The van der Waals surface area contributed by atoms with Crippen LogP contribution in [-0.4, -0.2) is 31.6 Å². The molecule has 1 N–H and O–H groups in total. The Morgan fingerprint density at radius 1 is 1.37 bits per heavy atom. The molecule has 1 unspecified atom stereocenters. The third-order valence-corrected chi connectivity index (χ3v) is 3.90. The number of fused-ring (bicyclic) bond motifs is 1. The molecule has 2 aliphatic heterocycles. The minimum absolute atomic E-state index is 0.0677. The number of nitrogens with one attached hydrogen (secondary N) is 1. The van der Waals surface area contributed by atoms with Crippen LogP contribution in [0.25, 0.3) is 0 Å². The third kappa shape index (κ3) is 2.73. The number of rotatable bonds is 4. The summed E-state index contributed by atoms with van der Waals surface area (Å²) in [5.41, 5.74) is 0.915. The first kappa shape index (κ1) is 12.5. The van der Waals surface area contributed by atoms with Gasteiger partial charge < -0.3 is 15.0 Å². The first-order valence-electron chi connectivity index (χ1n) is 7.10. The summed E-state index contributed by atoms with van der Waals surface area (Å²) in [5, 5.41) is 3.50. The van der Waals surface area contributed by atoms with Crippen LogP contribution in [0.2, 0.25) is 0 Å². The summed E-state index contributed by atoms with van der Waals surface area (Å²) in [6.45, 7) is 2.10. The van der Waals surface area contributed by atoms with Crippen molar-refractivity contribution in [1.29, 1.82) is 0 Å². The molecule has 1 saturated heterocycles. The molecular weight excluding hydrogens is 240 g/mol. The van der Waals surface area contributed by atoms with Crippen LogP contribution in [0.4, 0.5) is 5.69 Å². The second-order valence-electron chi connectivity index (χ2n) is 5.24. The van der Waals surface area contributed by atoms with Gasteiger partial charge in [0.1, 0.15) is 5.75 Å². The van der Waals surface area contributed by atoms with Crippen molar-refractivity contribution in [2.45, 2.75) is 31.7 Å². The average molecular weight is 260 g/mol. The molecule has 19 heavy (non-hydrogen) atoms. The maximum absolute atomic E-state index is 12.0. The first-order chi connectivity index (χ1) is 9.34. The zero-order valence-electron chi connectivity index (χ0n) is 11.1. The van der Waals surface area contributed by atoms with E-state index in [1.54, 1.807) is 0 Å². The van der Waals surface area contributed by atoms with Gasteiger partial charge in [0.15, 0.2) is 6.61 Å². The molecule has 0 bridgehead atoms. The second kappa shape index (κ2) is 5.61. The fourth-order valence-corrected chi connectivity index (χ4v) is 2.90. The lowest BCUT2D eigenvalue weighted by molar-refractivity contribution is -0.121. The standard InChI is InChI=1S/C15H20N2O2/c18-15-11-19-14-8-2-1-7-13(14)17(15)10-4-6-12-5-3-9-16-12/h1-2,7-8,12,16H,3-6,9-11H2. The zero-order valence-corrected chi connectivity index (χ0v) is 11.1. The SMILES string of the molecule is O=C1COc2ccccc2N1CCCC1CCCN1. The number of carbonyl (C=O) groups excluding carboxylic acids is 1. The van der Waals surface area contributed by atoms with E-state index in [-0.39, 0.29) is 12.5 Å². The Bertz CT molecular complexity index is 455. The van der Waals surface area contributed by atoms with E-state index < -0.39 is 0 Å². The average Bonchev–Trinajstić information content (AvgIpc) is 2.94. The summed E-state index contributed by atoms with van der Waals surface area (Å²) in [6.07, 6.45) is 4.74. The topological polar surface area (TPSA) is 41.6 Å². The molecule has 2 aliphatic rings.